The van der Waals surface area contributed by atoms with Gasteiger partial charge in [0.25, 0.3) is 0 Å². The third kappa shape index (κ3) is 32.4. The number of rotatable bonds is 53. The molecule has 724 valence electrons. The van der Waals surface area contributed by atoms with Crippen LogP contribution in [0.3, 0.4) is 0 Å². The highest BCUT2D eigenvalue weighted by atomic mass is 32.1. The van der Waals surface area contributed by atoms with E-state index in [1.807, 2.05) is 6.92 Å². The Morgan fingerprint density at radius 2 is 0.842 bits per heavy atom. The van der Waals surface area contributed by atoms with Crippen LogP contribution >= 0.6 is 25.3 Å². The number of aliphatic carboxylic acids is 1. The Morgan fingerprint density at radius 1 is 0.459 bits per heavy atom. The van der Waals surface area contributed by atoms with Gasteiger partial charge in [0.05, 0.1) is 24.0 Å². The van der Waals surface area contributed by atoms with E-state index >= 15 is 24.0 Å². The number of carbonyl (C=O) groups is 16. The van der Waals surface area contributed by atoms with E-state index in [9.17, 15) is 57.8 Å². The van der Waals surface area contributed by atoms with E-state index in [0.29, 0.717) is 47.0 Å². The predicted octanol–water partition coefficient (Wildman–Crippen LogP) is -4.29. The molecule has 0 bridgehead atoms. The second-order valence-electron chi connectivity index (χ2n) is 33.0. The number of carboxylic acid groups (broad SMARTS) is 1. The maximum atomic E-state index is 15.4. The van der Waals surface area contributed by atoms with Crippen LogP contribution in [0.25, 0.3) is 10.9 Å². The lowest BCUT2D eigenvalue weighted by Gasteiger charge is -2.33. The Balaban J connectivity index is 0.995. The first-order valence-electron chi connectivity index (χ1n) is 44.3. The molecular formula is C85H125N29O17S2. The molecule has 3 aromatic heterocycles. The number of nitrogens with one attached hydrogen (secondary N) is 20. The van der Waals surface area contributed by atoms with Gasteiger partial charge in [0.2, 0.25) is 88.6 Å². The second kappa shape index (κ2) is 52.5. The molecule has 46 nitrogen and oxygen atoms in total. The summed E-state index contributed by atoms with van der Waals surface area (Å²) in [6, 6.07) is -5.16. The highest BCUT2D eigenvalue weighted by Crippen LogP contribution is 2.28. The summed E-state index contributed by atoms with van der Waals surface area (Å²) in [4.78, 5) is 250. The molecule has 0 aliphatic carbocycles. The topological polar surface area (TPSA) is 720 Å². The van der Waals surface area contributed by atoms with Gasteiger partial charge in [0.1, 0.15) is 84.6 Å². The molecule has 3 aliphatic rings. The lowest BCUT2D eigenvalue weighted by Crippen LogP contribution is -2.61. The van der Waals surface area contributed by atoms with Crippen LogP contribution in [0, 0.1) is 23.2 Å². The van der Waals surface area contributed by atoms with Crippen LogP contribution in [-0.4, -0.2) is 293 Å². The molecule has 3 saturated heterocycles. The summed E-state index contributed by atoms with van der Waals surface area (Å²) in [5.41, 5.74) is 25.4. The molecular weight excluding hydrogens is 1760 g/mol. The first-order chi connectivity index (χ1) is 63.6. The SMILES string of the molecule is CCCC[C@H](NC(=O)[C@H](CCC(=O)O)NC(=O)[C@@H](CCCNC(=N)N)NC(=O)[C@@H]1CCCN1C(=O)[C@@H]1CCCN1C(=O)[C@H](CS)NC(=O)[C@H](Cc1c[nH]c2ccccc12)NC(=O)[C@H](Cc1c[nH]cn1)NC(=O)[C@@H](Cc1ccc(C)cc1)NC(=O)[C@H](Cc1c[nH]cn1)NC(=O)[C@@H]1CCCN1C(=O)[C@H](CS)NC(C)=O)C(=O)N[C@H](CCCNC(=N)N)C(=O)N[C@H](CCCNC(=N)N)C(N)=O. The third-order valence-electron chi connectivity index (χ3n) is 22.9. The monoisotopic (exact) mass is 1890 g/mol. The standard InChI is InChI=1S/C85H125N29O17S2/c1-4-5-15-55(71(120)104-56(18-9-30-96-84(89)90)70(119)102-54(69(86)118)17-8-29-95-83(87)88)103-73(122)58(27-28-68(116)117)105-72(121)57(19-10-31-97-85(91)92)106-78(127)66-21-12-33-113(66)82(131)67-22-13-34-114(67)81(130)64(43-133)111-75(124)60(36-49-39-98-53-16-7-6-14-52(49)53)108-76(125)61(37-50-40-93-44-99-50)109-74(123)59(35-48-25-23-46(2)24-26-48)107-77(126)62(38-51-41-94-45-100-51)110-79(128)65-20-11-32-112(65)80(129)63(42-132)101-47(3)115/h6-7,14,16,23-26,39-41,44-45,54-67,98,132-133H,4-5,8-13,15,17-22,27-38,42-43H2,1-3H3,(H2,86,118)(H,93,99)(H,94,100)(H,101,115)(H,102,119)(H,103,122)(H,104,120)(H,105,121)(H,106,127)(H,107,126)(H,108,125)(H,109,123)(H,110,128)(H,111,124)(H,116,117)(H4,87,88,95)(H4,89,90,96)(H4,91,92,97)/t54-,55+,56-,57-,58+,59-,60+,61+,62+,63+,64+,65+,66+,67+/m1/s1. The zero-order chi connectivity index (χ0) is 97.0. The van der Waals surface area contributed by atoms with Crippen LogP contribution in [0.2, 0.25) is 0 Å². The number of nitrogens with zero attached hydrogens (tertiary/aromatic N) is 5. The van der Waals surface area contributed by atoms with Gasteiger partial charge in [0.15, 0.2) is 17.9 Å². The van der Waals surface area contributed by atoms with Crippen LogP contribution in [0.5, 0.6) is 0 Å². The van der Waals surface area contributed by atoms with Crippen LogP contribution < -0.4 is 97.4 Å². The molecule has 5 aromatic rings. The van der Waals surface area contributed by atoms with Crippen molar-refractivity contribution in [1.29, 1.82) is 16.2 Å². The van der Waals surface area contributed by atoms with Gasteiger partial charge in [-0.3, -0.25) is 92.9 Å². The van der Waals surface area contributed by atoms with Gasteiger partial charge in [-0.25, -0.2) is 9.97 Å². The van der Waals surface area contributed by atoms with Crippen LogP contribution in [0.15, 0.2) is 79.8 Å². The molecule has 14 atom stereocenters. The van der Waals surface area contributed by atoms with Crippen LogP contribution in [0.1, 0.15) is 151 Å². The number of carbonyl (C=O) groups excluding carboxylic acids is 15. The van der Waals surface area contributed by atoms with E-state index in [1.165, 1.54) is 46.7 Å². The molecule has 0 spiro atoms. The van der Waals surface area contributed by atoms with Crippen molar-refractivity contribution in [3.63, 3.8) is 0 Å². The fourth-order valence-electron chi connectivity index (χ4n) is 16.0. The molecule has 3 aliphatic heterocycles. The van der Waals surface area contributed by atoms with Crippen molar-refractivity contribution in [2.24, 2.45) is 22.9 Å². The normalized spacial score (nSPS) is 17.1. The Labute approximate surface area is 778 Å². The van der Waals surface area contributed by atoms with Crippen LogP contribution in [0.4, 0.5) is 0 Å². The summed E-state index contributed by atoms with van der Waals surface area (Å²) in [5.74, 6) is -15.2. The average molecular weight is 1890 g/mol. The summed E-state index contributed by atoms with van der Waals surface area (Å²) in [6.45, 7) is 5.30. The molecule has 6 heterocycles. The number of aromatic nitrogens is 5. The number of para-hydroxylation sites is 1. The maximum Gasteiger partial charge on any atom is 0.303 e. The molecule has 0 saturated carbocycles. The van der Waals surface area contributed by atoms with E-state index in [2.05, 4.69) is 125 Å². The summed E-state index contributed by atoms with van der Waals surface area (Å²) < 4.78 is 0. The fourth-order valence-corrected chi connectivity index (χ4v) is 16.5. The smallest absolute Gasteiger partial charge is 0.303 e. The molecule has 3 fully saturated rings. The van der Waals surface area contributed by atoms with Crippen molar-refractivity contribution < 1.29 is 81.8 Å². The average Bonchev–Trinajstić information content (AvgIpc) is 1.72. The van der Waals surface area contributed by atoms with Gasteiger partial charge >= 0.3 is 5.97 Å². The number of unbranched alkanes of at least 4 members (excludes halogenated alkanes) is 1. The number of nitrogens with two attached hydrogens (primary N) is 4. The number of primary amides is 1. The number of benzene rings is 2. The summed E-state index contributed by atoms with van der Waals surface area (Å²) in [7, 11) is 0. The van der Waals surface area contributed by atoms with E-state index in [-0.39, 0.29) is 171 Å². The number of aromatic amines is 3. The van der Waals surface area contributed by atoms with Gasteiger partial charge in [0, 0.05) is 119 Å². The number of H-pyrrole nitrogens is 3. The number of amides is 15. The minimum absolute atomic E-state index is 0.000653. The van der Waals surface area contributed by atoms with E-state index in [0.717, 1.165) is 5.56 Å². The van der Waals surface area contributed by atoms with E-state index < -0.39 is 198 Å². The van der Waals surface area contributed by atoms with Gasteiger partial charge in [-0.2, -0.15) is 25.3 Å². The highest BCUT2D eigenvalue weighted by molar-refractivity contribution is 7.80. The van der Waals surface area contributed by atoms with Crippen molar-refractivity contribution in [1.82, 2.24) is 114 Å². The quantitative estimate of drug-likeness (QED) is 0.00758. The number of thiol groups is 2. The first-order valence-corrected chi connectivity index (χ1v) is 45.6. The largest absolute Gasteiger partial charge is 0.481 e. The van der Waals surface area contributed by atoms with Gasteiger partial charge in [-0.05, 0) is 114 Å². The maximum absolute atomic E-state index is 15.4. The minimum Gasteiger partial charge on any atom is -0.481 e. The van der Waals surface area contributed by atoms with Crippen molar-refractivity contribution in [3.05, 3.63) is 108 Å². The lowest BCUT2D eigenvalue weighted by atomic mass is 10.0. The van der Waals surface area contributed by atoms with Gasteiger partial charge < -0.3 is 132 Å². The number of hydrogen-bond acceptors (Lipinski definition) is 23. The molecule has 0 radical (unpaired) electrons. The Kier molecular flexibility index (Phi) is 41.3. The van der Waals surface area contributed by atoms with Crippen LogP contribution in [-0.2, 0) is 102 Å². The molecule has 2 aromatic carbocycles. The minimum atomic E-state index is -1.70. The van der Waals surface area contributed by atoms with Crippen molar-refractivity contribution >= 4 is 149 Å². The fraction of sp³-hybridized carbons (Fsp3) is 0.541. The number of imidazole rings is 2. The van der Waals surface area contributed by atoms with Crippen molar-refractivity contribution in [2.75, 3.05) is 50.8 Å². The Morgan fingerprint density at radius 3 is 1.30 bits per heavy atom. The highest BCUT2D eigenvalue weighted by Gasteiger charge is 2.46. The van der Waals surface area contributed by atoms with E-state index in [1.54, 1.807) is 61.7 Å². The molecule has 15 amide bonds. The number of hydrogen-bond donors (Lipinski definition) is 27. The van der Waals surface area contributed by atoms with Crippen molar-refractivity contribution in [3.8, 4) is 0 Å². The molecule has 48 heteroatoms. The number of aryl methyl sites for hydroxylation is 1. The predicted molar refractivity (Wildman–Crippen MR) is 493 cm³/mol. The number of carboxylic acids is 1. The second-order valence-corrected chi connectivity index (χ2v) is 33.7. The third-order valence-corrected chi connectivity index (χ3v) is 23.7. The van der Waals surface area contributed by atoms with Gasteiger partial charge in [-0.15, -0.1) is 0 Å². The number of likely N-dealkylation sites (tertiary alicyclic amines) is 3. The van der Waals surface area contributed by atoms with Gasteiger partial charge in [-0.1, -0.05) is 67.8 Å². The Bertz CT molecular complexity index is 4890. The van der Waals surface area contributed by atoms with Crippen molar-refractivity contribution in [2.45, 2.75) is 240 Å². The molecule has 8 rings (SSSR count). The first kappa shape index (κ1) is 105. The lowest BCUT2D eigenvalue weighted by molar-refractivity contribution is -0.148. The Hall–Kier alpha value is -13.6. The summed E-state index contributed by atoms with van der Waals surface area (Å²) in [6.07, 6.45) is 7.46. The zero-order valence-electron chi connectivity index (χ0n) is 74.5. The molecule has 0 unspecified atom stereocenters. The molecule has 133 heavy (non-hydrogen) atoms. The summed E-state index contributed by atoms with van der Waals surface area (Å²) in [5, 5.41) is 70.7. The number of fused-ring (bicyclic) bond motifs is 1. The summed E-state index contributed by atoms with van der Waals surface area (Å²) >= 11 is 8.81. The van der Waals surface area contributed by atoms with E-state index in [4.69, 9.17) is 39.2 Å². The zero-order valence-corrected chi connectivity index (χ0v) is 76.3. The molecule has 29 N–H and O–H groups in total. The number of guanidine groups is 3.